The van der Waals surface area contributed by atoms with Crippen molar-refractivity contribution in [1.29, 1.82) is 0 Å². The van der Waals surface area contributed by atoms with Gasteiger partial charge < -0.3 is 0 Å². The molecule has 25 heavy (non-hydrogen) atoms. The lowest BCUT2D eigenvalue weighted by atomic mass is 9.77. The Morgan fingerprint density at radius 1 is 0.840 bits per heavy atom. The number of rotatable bonds is 5. The Hall–Kier alpha value is -1.18. The van der Waals surface area contributed by atoms with E-state index in [1.165, 1.54) is 19.3 Å². The number of hydrogen-bond acceptors (Lipinski definition) is 0. The van der Waals surface area contributed by atoms with Gasteiger partial charge in [0, 0.05) is 5.92 Å². The molecule has 0 spiro atoms. The first-order valence-corrected chi connectivity index (χ1v) is 10.3. The molecule has 138 valence electrons. The van der Waals surface area contributed by atoms with Gasteiger partial charge in [-0.2, -0.15) is 0 Å². The standard InChI is InChI=1S/C23H32F2/c1-3-5-17-8-12-19(13-9-17)21-15-14-20(22(24)23(21)25)18-10-6-16(4-2)7-11-18/h8,12,14-19H,3-7,9-11,13H2,1-2H3. The molecule has 1 aromatic rings. The topological polar surface area (TPSA) is 0 Å². The second kappa shape index (κ2) is 8.47. The van der Waals surface area contributed by atoms with E-state index in [9.17, 15) is 8.78 Å². The summed E-state index contributed by atoms with van der Waals surface area (Å²) in [6.45, 7) is 4.42. The number of hydrogen-bond donors (Lipinski definition) is 0. The van der Waals surface area contributed by atoms with E-state index in [0.29, 0.717) is 17.0 Å². The highest BCUT2D eigenvalue weighted by molar-refractivity contribution is 5.34. The van der Waals surface area contributed by atoms with E-state index in [4.69, 9.17) is 0 Å². The van der Waals surface area contributed by atoms with E-state index in [2.05, 4.69) is 26.0 Å². The van der Waals surface area contributed by atoms with Crippen LogP contribution in [-0.4, -0.2) is 0 Å². The fourth-order valence-electron chi connectivity index (χ4n) is 4.81. The van der Waals surface area contributed by atoms with E-state index in [-0.39, 0.29) is 11.8 Å². The smallest absolute Gasteiger partial charge is 0.162 e. The molecule has 2 atom stereocenters. The minimum absolute atomic E-state index is 0.0347. The van der Waals surface area contributed by atoms with Gasteiger partial charge in [0.25, 0.3) is 0 Å². The Bertz CT molecular complexity index is 596. The van der Waals surface area contributed by atoms with Crippen molar-refractivity contribution in [3.05, 3.63) is 47.0 Å². The Kier molecular flexibility index (Phi) is 6.30. The normalized spacial score (nSPS) is 29.8. The molecule has 0 amide bonds. The first kappa shape index (κ1) is 18.6. The minimum Gasteiger partial charge on any atom is -0.203 e. The summed E-state index contributed by atoms with van der Waals surface area (Å²) in [4.78, 5) is 0. The third-order valence-corrected chi connectivity index (χ3v) is 6.53. The molecule has 2 heteroatoms. The predicted molar refractivity (Wildman–Crippen MR) is 101 cm³/mol. The monoisotopic (exact) mass is 346 g/mol. The van der Waals surface area contributed by atoms with Gasteiger partial charge in [0.1, 0.15) is 0 Å². The maximum absolute atomic E-state index is 14.8. The Morgan fingerprint density at radius 2 is 1.52 bits per heavy atom. The first-order chi connectivity index (χ1) is 12.1. The van der Waals surface area contributed by atoms with Crippen molar-refractivity contribution >= 4 is 0 Å². The Morgan fingerprint density at radius 3 is 2.12 bits per heavy atom. The Balaban J connectivity index is 1.74. The van der Waals surface area contributed by atoms with Crippen molar-refractivity contribution in [2.75, 3.05) is 0 Å². The summed E-state index contributed by atoms with van der Waals surface area (Å²) in [5.41, 5.74) is 1.16. The zero-order chi connectivity index (χ0) is 17.8. The van der Waals surface area contributed by atoms with Crippen molar-refractivity contribution in [1.82, 2.24) is 0 Å². The van der Waals surface area contributed by atoms with Crippen LogP contribution in [0.2, 0.25) is 0 Å². The molecule has 0 radical (unpaired) electrons. The van der Waals surface area contributed by atoms with Crippen LogP contribution in [0.1, 0.15) is 94.6 Å². The first-order valence-electron chi connectivity index (χ1n) is 10.3. The molecule has 1 aromatic carbocycles. The quantitative estimate of drug-likeness (QED) is 0.484. The molecule has 0 nitrogen and oxygen atoms in total. The molecule has 3 rings (SSSR count). The highest BCUT2D eigenvalue weighted by Gasteiger charge is 2.27. The molecule has 0 saturated heterocycles. The lowest BCUT2D eigenvalue weighted by molar-refractivity contribution is 0.312. The maximum Gasteiger partial charge on any atom is 0.162 e. The molecule has 0 heterocycles. The second-order valence-electron chi connectivity index (χ2n) is 8.12. The average Bonchev–Trinajstić information content (AvgIpc) is 2.65. The van der Waals surface area contributed by atoms with Crippen molar-refractivity contribution in [3.8, 4) is 0 Å². The molecule has 2 aliphatic carbocycles. The van der Waals surface area contributed by atoms with Crippen LogP contribution in [0.3, 0.4) is 0 Å². The maximum atomic E-state index is 14.8. The summed E-state index contributed by atoms with van der Waals surface area (Å²) in [5.74, 6) is 0.434. The van der Waals surface area contributed by atoms with E-state index in [1.807, 2.05) is 12.1 Å². The van der Waals surface area contributed by atoms with Gasteiger partial charge in [0.05, 0.1) is 0 Å². The molecule has 0 bridgehead atoms. The van der Waals surface area contributed by atoms with Gasteiger partial charge in [0.15, 0.2) is 11.6 Å². The Labute approximate surface area is 151 Å². The van der Waals surface area contributed by atoms with Crippen molar-refractivity contribution in [3.63, 3.8) is 0 Å². The van der Waals surface area contributed by atoms with Gasteiger partial charge in [-0.15, -0.1) is 0 Å². The van der Waals surface area contributed by atoms with Crippen LogP contribution in [0.25, 0.3) is 0 Å². The van der Waals surface area contributed by atoms with E-state index in [1.54, 1.807) is 0 Å². The highest BCUT2D eigenvalue weighted by atomic mass is 19.2. The van der Waals surface area contributed by atoms with Crippen molar-refractivity contribution < 1.29 is 8.78 Å². The van der Waals surface area contributed by atoms with E-state index >= 15 is 0 Å². The van der Waals surface area contributed by atoms with Crippen molar-refractivity contribution in [2.45, 2.75) is 83.5 Å². The fourth-order valence-corrected chi connectivity index (χ4v) is 4.81. The molecular weight excluding hydrogens is 314 g/mol. The molecular formula is C23H32F2. The van der Waals surface area contributed by atoms with Crippen LogP contribution >= 0.6 is 0 Å². The molecule has 2 unspecified atom stereocenters. The lowest BCUT2D eigenvalue weighted by Crippen LogP contribution is -2.15. The van der Waals surface area contributed by atoms with Crippen LogP contribution < -0.4 is 0 Å². The van der Waals surface area contributed by atoms with Crippen molar-refractivity contribution in [2.24, 2.45) is 11.8 Å². The highest BCUT2D eigenvalue weighted by Crippen LogP contribution is 2.40. The summed E-state index contributed by atoms with van der Waals surface area (Å²) >= 11 is 0. The van der Waals surface area contributed by atoms with Gasteiger partial charge >= 0.3 is 0 Å². The summed E-state index contributed by atoms with van der Waals surface area (Å²) in [7, 11) is 0. The van der Waals surface area contributed by atoms with E-state index < -0.39 is 11.6 Å². The van der Waals surface area contributed by atoms with Gasteiger partial charge in [-0.25, -0.2) is 8.78 Å². The fraction of sp³-hybridized carbons (Fsp3) is 0.652. The lowest BCUT2D eigenvalue weighted by Gasteiger charge is -2.29. The SMILES string of the molecule is CCCC1C=CC(c2ccc(C3CCC(CC)CC3)c(F)c2F)CC1. The van der Waals surface area contributed by atoms with Gasteiger partial charge in [-0.3, -0.25) is 0 Å². The van der Waals surface area contributed by atoms with Gasteiger partial charge in [-0.05, 0) is 73.8 Å². The molecule has 1 fully saturated rings. The third-order valence-electron chi connectivity index (χ3n) is 6.53. The molecule has 2 aliphatic rings. The van der Waals surface area contributed by atoms with Crippen LogP contribution in [-0.2, 0) is 0 Å². The number of benzene rings is 1. The van der Waals surface area contributed by atoms with Crippen LogP contribution in [0.15, 0.2) is 24.3 Å². The van der Waals surface area contributed by atoms with Gasteiger partial charge in [-0.1, -0.05) is 51.0 Å². The largest absolute Gasteiger partial charge is 0.203 e. The van der Waals surface area contributed by atoms with Gasteiger partial charge in [0.2, 0.25) is 0 Å². The number of allylic oxidation sites excluding steroid dienone is 2. The summed E-state index contributed by atoms with van der Waals surface area (Å²) < 4.78 is 29.6. The molecule has 0 aromatic heterocycles. The minimum atomic E-state index is -0.598. The molecule has 1 saturated carbocycles. The molecule has 0 N–H and O–H groups in total. The van der Waals surface area contributed by atoms with E-state index in [0.717, 1.165) is 44.4 Å². The average molecular weight is 347 g/mol. The predicted octanol–water partition coefficient (Wildman–Crippen LogP) is 7.50. The summed E-state index contributed by atoms with van der Waals surface area (Å²) in [6.07, 6.45) is 14.2. The van der Waals surface area contributed by atoms with Crippen LogP contribution in [0.5, 0.6) is 0 Å². The number of halogens is 2. The van der Waals surface area contributed by atoms with Crippen LogP contribution in [0.4, 0.5) is 8.78 Å². The summed E-state index contributed by atoms with van der Waals surface area (Å²) in [5, 5.41) is 0. The van der Waals surface area contributed by atoms with Crippen LogP contribution in [0, 0.1) is 23.5 Å². The zero-order valence-corrected chi connectivity index (χ0v) is 15.7. The molecule has 0 aliphatic heterocycles. The summed E-state index contributed by atoms with van der Waals surface area (Å²) in [6, 6.07) is 3.73. The second-order valence-corrected chi connectivity index (χ2v) is 8.12. The zero-order valence-electron chi connectivity index (χ0n) is 15.7. The third kappa shape index (κ3) is 4.15.